The zero-order chi connectivity index (χ0) is 16.0. The van der Waals surface area contributed by atoms with E-state index < -0.39 is 22.5 Å². The zero-order valence-corrected chi connectivity index (χ0v) is 16.8. The highest BCUT2D eigenvalue weighted by atomic mass is 28.4. The predicted octanol–water partition coefficient (Wildman–Crippen LogP) is 4.42. The van der Waals surface area contributed by atoms with Crippen LogP contribution in [0.4, 0.5) is 0 Å². The average Bonchev–Trinajstić information content (AvgIpc) is 2.23. The Bertz CT molecular complexity index is 340. The van der Waals surface area contributed by atoms with Crippen LogP contribution >= 0.6 is 0 Å². The molecule has 0 saturated carbocycles. The Balaban J connectivity index is 3.91. The molecule has 4 heteroatoms. The van der Waals surface area contributed by atoms with Crippen molar-refractivity contribution in [3.63, 3.8) is 0 Å². The molecule has 2 nitrogen and oxygen atoms in total. The molecule has 20 heavy (non-hydrogen) atoms. The minimum absolute atomic E-state index is 0.273. The molecule has 0 aliphatic heterocycles. The van der Waals surface area contributed by atoms with E-state index in [0.29, 0.717) is 0 Å². The summed E-state index contributed by atoms with van der Waals surface area (Å²) in [6, 6.07) is 0. The number of hydrogen-bond acceptors (Lipinski definition) is 2. The molecule has 0 heterocycles. The summed E-state index contributed by atoms with van der Waals surface area (Å²) in [7, 11) is -2.97. The average molecular weight is 315 g/mol. The fourth-order valence-electron chi connectivity index (χ4n) is 1.36. The van der Waals surface area contributed by atoms with Gasteiger partial charge in [-0.1, -0.05) is 46.3 Å². The molecule has 0 bridgehead atoms. The molecule has 118 valence electrons. The van der Waals surface area contributed by atoms with Crippen molar-refractivity contribution in [3.8, 4) is 11.5 Å². The van der Waals surface area contributed by atoms with Crippen LogP contribution in [0.2, 0.25) is 37.8 Å². The van der Waals surface area contributed by atoms with Crippen LogP contribution < -0.4 is 0 Å². The molecule has 0 aromatic carbocycles. The Morgan fingerprint density at radius 1 is 1.05 bits per heavy atom. The summed E-state index contributed by atoms with van der Waals surface area (Å²) in [6.45, 7) is 18.7. The van der Waals surface area contributed by atoms with Crippen LogP contribution in [0.5, 0.6) is 0 Å². The van der Waals surface area contributed by atoms with E-state index in [1.54, 1.807) is 0 Å². The second-order valence-electron chi connectivity index (χ2n) is 8.14. The number of hydrogen-bond donors (Lipinski definition) is 1. The number of aliphatic hydroxyl groups is 1. The summed E-state index contributed by atoms with van der Waals surface area (Å²) in [5.41, 5.74) is 3.22. The molecule has 0 aliphatic rings. The normalized spacial score (nSPS) is 14.7. The highest BCUT2D eigenvalue weighted by Crippen LogP contribution is 2.36. The van der Waals surface area contributed by atoms with E-state index in [2.05, 4.69) is 65.0 Å². The van der Waals surface area contributed by atoms with Gasteiger partial charge >= 0.3 is 0 Å². The molecule has 1 N–H and O–H groups in total. The van der Waals surface area contributed by atoms with Gasteiger partial charge < -0.3 is 9.53 Å². The molecular weight excluding hydrogens is 280 g/mol. The molecule has 0 aromatic rings. The quantitative estimate of drug-likeness (QED) is 0.447. The molecule has 0 aromatic heterocycles. The van der Waals surface area contributed by atoms with Gasteiger partial charge in [0.15, 0.2) is 8.32 Å². The Morgan fingerprint density at radius 2 is 1.60 bits per heavy atom. The third kappa shape index (κ3) is 8.96. The van der Waals surface area contributed by atoms with Crippen LogP contribution in [-0.2, 0) is 4.43 Å². The largest absolute Gasteiger partial charge is 0.417 e. The third-order valence-electron chi connectivity index (χ3n) is 3.75. The Hall–Kier alpha value is -0.0862. The summed E-state index contributed by atoms with van der Waals surface area (Å²) in [5, 5.41) is 10.1. The van der Waals surface area contributed by atoms with E-state index in [1.165, 1.54) is 0 Å². The minimum atomic E-state index is -1.61. The van der Waals surface area contributed by atoms with Crippen LogP contribution in [0.3, 0.4) is 0 Å². The van der Waals surface area contributed by atoms with Crippen LogP contribution in [-0.4, -0.2) is 34.2 Å². The molecule has 0 fully saturated rings. The van der Waals surface area contributed by atoms with Crippen molar-refractivity contribution in [1.82, 2.24) is 0 Å². The van der Waals surface area contributed by atoms with E-state index >= 15 is 0 Å². The molecule has 0 unspecified atom stereocenters. The predicted molar refractivity (Wildman–Crippen MR) is 94.1 cm³/mol. The highest BCUT2D eigenvalue weighted by molar-refractivity contribution is 6.83. The van der Waals surface area contributed by atoms with Gasteiger partial charge in [-0.3, -0.25) is 0 Å². The van der Waals surface area contributed by atoms with Crippen molar-refractivity contribution in [2.45, 2.75) is 83.9 Å². The van der Waals surface area contributed by atoms with Gasteiger partial charge in [0.1, 0.15) is 14.2 Å². The molecule has 0 radical (unpaired) electrons. The molecule has 0 amide bonds. The fourth-order valence-corrected chi connectivity index (χ4v) is 3.04. The maximum absolute atomic E-state index is 9.82. The maximum atomic E-state index is 9.82. The second-order valence-corrected chi connectivity index (χ2v) is 17.7. The van der Waals surface area contributed by atoms with E-state index in [-0.39, 0.29) is 5.04 Å². The Labute approximate surface area is 128 Å². The number of rotatable bonds is 6. The Morgan fingerprint density at radius 3 is 2.05 bits per heavy atom. The zero-order valence-electron chi connectivity index (χ0n) is 14.8. The Kier molecular flexibility index (Phi) is 7.76. The van der Waals surface area contributed by atoms with E-state index in [1.807, 2.05) is 0 Å². The molecule has 0 rings (SSSR count). The van der Waals surface area contributed by atoms with Gasteiger partial charge in [-0.15, -0.1) is 5.54 Å². The third-order valence-corrected chi connectivity index (χ3v) is 9.19. The second kappa shape index (κ2) is 7.79. The molecule has 0 spiro atoms. The smallest absolute Gasteiger partial charge is 0.191 e. The van der Waals surface area contributed by atoms with Crippen molar-refractivity contribution in [2.75, 3.05) is 6.61 Å². The van der Waals surface area contributed by atoms with Crippen LogP contribution in [0, 0.1) is 11.5 Å². The summed E-state index contributed by atoms with van der Waals surface area (Å²) in [4.78, 5) is 0. The highest BCUT2D eigenvalue weighted by Gasteiger charge is 2.36. The first-order valence-corrected chi connectivity index (χ1v) is 14.1. The van der Waals surface area contributed by atoms with E-state index in [9.17, 15) is 5.11 Å². The lowest BCUT2D eigenvalue weighted by molar-refractivity contribution is 0.209. The first-order chi connectivity index (χ1) is 8.85. The van der Waals surface area contributed by atoms with Crippen molar-refractivity contribution in [2.24, 2.45) is 0 Å². The lowest BCUT2D eigenvalue weighted by Crippen LogP contribution is -2.40. The SMILES string of the molecule is CC(C)(C)[Si](C)(C)OCCCC[C@H](O)C#C[Si](C)(C)C. The van der Waals surface area contributed by atoms with Gasteiger partial charge in [-0.2, -0.15) is 0 Å². The van der Waals surface area contributed by atoms with Crippen LogP contribution in [0.1, 0.15) is 40.0 Å². The number of aliphatic hydroxyl groups excluding tert-OH is 1. The van der Waals surface area contributed by atoms with E-state index in [0.717, 1.165) is 25.9 Å². The topological polar surface area (TPSA) is 29.5 Å². The minimum Gasteiger partial charge on any atom is -0.417 e. The standard InChI is InChI=1S/C16H34O2Si2/c1-16(2,3)20(7,8)18-13-10-9-11-15(17)12-14-19(4,5)6/h15,17H,9-11,13H2,1-8H3/t15-/m0/s1. The lowest BCUT2D eigenvalue weighted by Gasteiger charge is -2.36. The maximum Gasteiger partial charge on any atom is 0.191 e. The number of unbranched alkanes of at least 4 members (excludes halogenated alkanes) is 1. The molecular formula is C16H34O2Si2. The first kappa shape index (κ1) is 19.9. The van der Waals surface area contributed by atoms with Gasteiger partial charge in [0, 0.05) is 6.61 Å². The van der Waals surface area contributed by atoms with Crippen molar-refractivity contribution in [1.29, 1.82) is 0 Å². The van der Waals surface area contributed by atoms with Crippen molar-refractivity contribution < 1.29 is 9.53 Å². The van der Waals surface area contributed by atoms with Gasteiger partial charge in [0.2, 0.25) is 0 Å². The van der Waals surface area contributed by atoms with Gasteiger partial charge in [0.05, 0.1) is 0 Å². The summed E-state index contributed by atoms with van der Waals surface area (Å²) >= 11 is 0. The van der Waals surface area contributed by atoms with Gasteiger partial charge in [-0.25, -0.2) is 0 Å². The van der Waals surface area contributed by atoms with Crippen molar-refractivity contribution in [3.05, 3.63) is 0 Å². The van der Waals surface area contributed by atoms with Gasteiger partial charge in [-0.05, 0) is 37.4 Å². The van der Waals surface area contributed by atoms with Gasteiger partial charge in [0.25, 0.3) is 0 Å². The summed E-state index contributed by atoms with van der Waals surface area (Å²) < 4.78 is 6.12. The van der Waals surface area contributed by atoms with Crippen molar-refractivity contribution >= 4 is 16.4 Å². The monoisotopic (exact) mass is 314 g/mol. The van der Waals surface area contributed by atoms with Crippen LogP contribution in [0.15, 0.2) is 0 Å². The molecule has 1 atom stereocenters. The molecule has 0 saturated heterocycles. The van der Waals surface area contributed by atoms with Crippen LogP contribution in [0.25, 0.3) is 0 Å². The fraction of sp³-hybridized carbons (Fsp3) is 0.875. The summed E-state index contributed by atoms with van der Waals surface area (Å²) in [5.74, 6) is 2.99. The first-order valence-electron chi connectivity index (χ1n) is 7.70. The van der Waals surface area contributed by atoms with E-state index in [4.69, 9.17) is 4.43 Å². The molecule has 0 aliphatic carbocycles. The lowest BCUT2D eigenvalue weighted by atomic mass is 10.2. The summed E-state index contributed by atoms with van der Waals surface area (Å²) in [6.07, 6.45) is 2.29.